The van der Waals surface area contributed by atoms with E-state index in [1.807, 2.05) is 18.2 Å². The lowest BCUT2D eigenvalue weighted by molar-refractivity contribution is -0.113. The summed E-state index contributed by atoms with van der Waals surface area (Å²) in [6.07, 6.45) is 0. The number of hydrogen-bond donors (Lipinski definition) is 1. The lowest BCUT2D eigenvalue weighted by Crippen LogP contribution is -2.13. The Hall–Kier alpha value is -1.22. The van der Waals surface area contributed by atoms with Gasteiger partial charge >= 0.3 is 0 Å². The summed E-state index contributed by atoms with van der Waals surface area (Å²) in [5.74, 6) is -0.387. The minimum absolute atomic E-state index is 0.107. The van der Waals surface area contributed by atoms with Gasteiger partial charge in [-0.3, -0.25) is 4.79 Å². The highest BCUT2D eigenvalue weighted by molar-refractivity contribution is 6.34. The third-order valence-electron chi connectivity index (χ3n) is 2.54. The Morgan fingerprint density at radius 3 is 2.47 bits per heavy atom. The molecule has 0 bridgehead atoms. The van der Waals surface area contributed by atoms with Gasteiger partial charge in [-0.05, 0) is 24.3 Å². The van der Waals surface area contributed by atoms with Gasteiger partial charge in [0, 0.05) is 26.9 Å². The van der Waals surface area contributed by atoms with E-state index >= 15 is 0 Å². The highest BCUT2D eigenvalue weighted by Gasteiger charge is 2.11. The highest BCUT2D eigenvalue weighted by atomic mass is 35.5. The normalized spacial score (nSPS) is 10.3. The van der Waals surface area contributed by atoms with Crippen molar-refractivity contribution < 1.29 is 4.79 Å². The molecule has 0 saturated carbocycles. The van der Waals surface area contributed by atoms with Gasteiger partial charge in [0.15, 0.2) is 0 Å². The van der Waals surface area contributed by atoms with Crippen LogP contribution in [0.4, 0.5) is 5.69 Å². The van der Waals surface area contributed by atoms with E-state index in [4.69, 9.17) is 34.8 Å². The minimum atomic E-state index is -0.280. The summed E-state index contributed by atoms with van der Waals surface area (Å²) >= 11 is 17.7. The van der Waals surface area contributed by atoms with Gasteiger partial charge in [0.05, 0.1) is 0 Å². The van der Waals surface area contributed by atoms with Crippen LogP contribution in [0, 0.1) is 0 Å². The SMILES string of the molecule is O=C(CCl)Nc1ccc(Cl)cc1-c1ccccc1Cl. The van der Waals surface area contributed by atoms with Crippen molar-refractivity contribution in [2.45, 2.75) is 0 Å². The first kappa shape index (κ1) is 14.2. The van der Waals surface area contributed by atoms with Crippen molar-refractivity contribution in [2.75, 3.05) is 11.2 Å². The van der Waals surface area contributed by atoms with Crippen LogP contribution < -0.4 is 5.32 Å². The van der Waals surface area contributed by atoms with Crippen LogP contribution in [0.5, 0.6) is 0 Å². The van der Waals surface area contributed by atoms with Gasteiger partial charge in [0.25, 0.3) is 0 Å². The number of anilines is 1. The molecule has 0 heterocycles. The minimum Gasteiger partial charge on any atom is -0.324 e. The van der Waals surface area contributed by atoms with Crippen molar-refractivity contribution in [3.8, 4) is 11.1 Å². The Balaban J connectivity index is 2.52. The second-order valence-electron chi connectivity index (χ2n) is 3.85. The number of hydrogen-bond acceptors (Lipinski definition) is 1. The van der Waals surface area contributed by atoms with E-state index in [0.717, 1.165) is 11.1 Å². The molecule has 98 valence electrons. The molecule has 0 atom stereocenters. The average Bonchev–Trinajstić information content (AvgIpc) is 2.41. The fourth-order valence-electron chi connectivity index (χ4n) is 1.71. The molecule has 0 aliphatic heterocycles. The second-order valence-corrected chi connectivity index (χ2v) is 4.96. The zero-order chi connectivity index (χ0) is 13.8. The summed E-state index contributed by atoms with van der Waals surface area (Å²) in [6, 6.07) is 12.5. The van der Waals surface area contributed by atoms with Crippen LogP contribution in [0.1, 0.15) is 0 Å². The van der Waals surface area contributed by atoms with E-state index in [1.54, 1.807) is 24.3 Å². The largest absolute Gasteiger partial charge is 0.324 e. The molecule has 0 saturated heterocycles. The molecule has 0 unspecified atom stereocenters. The predicted molar refractivity (Wildman–Crippen MR) is 81.2 cm³/mol. The molecule has 0 aliphatic rings. The smallest absolute Gasteiger partial charge is 0.239 e. The summed E-state index contributed by atoms with van der Waals surface area (Å²) in [5, 5.41) is 3.88. The van der Waals surface area contributed by atoms with Crippen molar-refractivity contribution in [3.05, 3.63) is 52.5 Å². The van der Waals surface area contributed by atoms with Crippen LogP contribution in [-0.4, -0.2) is 11.8 Å². The molecule has 1 N–H and O–H groups in total. The summed E-state index contributed by atoms with van der Waals surface area (Å²) in [7, 11) is 0. The number of alkyl halides is 1. The quantitative estimate of drug-likeness (QED) is 0.807. The van der Waals surface area contributed by atoms with E-state index in [2.05, 4.69) is 5.32 Å². The van der Waals surface area contributed by atoms with Crippen molar-refractivity contribution in [1.82, 2.24) is 0 Å². The molecule has 0 spiro atoms. The second kappa shape index (κ2) is 6.29. The van der Waals surface area contributed by atoms with E-state index in [9.17, 15) is 4.79 Å². The molecule has 2 aromatic carbocycles. The van der Waals surface area contributed by atoms with Gasteiger partial charge in [0.1, 0.15) is 5.88 Å². The monoisotopic (exact) mass is 313 g/mol. The van der Waals surface area contributed by atoms with Crippen molar-refractivity contribution in [2.24, 2.45) is 0 Å². The molecule has 1 amide bonds. The lowest BCUT2D eigenvalue weighted by Gasteiger charge is -2.12. The number of amides is 1. The standard InChI is InChI=1S/C14H10Cl3NO/c15-8-14(19)18-13-6-5-9(16)7-11(13)10-3-1-2-4-12(10)17/h1-7H,8H2,(H,18,19). The van der Waals surface area contributed by atoms with Gasteiger partial charge in [-0.25, -0.2) is 0 Å². The van der Waals surface area contributed by atoms with E-state index in [0.29, 0.717) is 15.7 Å². The first-order valence-electron chi connectivity index (χ1n) is 5.52. The van der Waals surface area contributed by atoms with Gasteiger partial charge in [-0.1, -0.05) is 41.4 Å². The molecule has 0 aliphatic carbocycles. The molecule has 19 heavy (non-hydrogen) atoms. The van der Waals surface area contributed by atoms with Crippen molar-refractivity contribution in [1.29, 1.82) is 0 Å². The zero-order valence-electron chi connectivity index (χ0n) is 9.79. The molecule has 2 rings (SSSR count). The van der Waals surface area contributed by atoms with Crippen LogP contribution in [0.2, 0.25) is 10.0 Å². The van der Waals surface area contributed by atoms with E-state index in [1.165, 1.54) is 0 Å². The van der Waals surface area contributed by atoms with Gasteiger partial charge < -0.3 is 5.32 Å². The summed E-state index contributed by atoms with van der Waals surface area (Å²) in [5.41, 5.74) is 2.19. The van der Waals surface area contributed by atoms with Gasteiger partial charge in [-0.15, -0.1) is 11.6 Å². The number of nitrogens with one attached hydrogen (secondary N) is 1. The van der Waals surface area contributed by atoms with E-state index < -0.39 is 0 Å². The van der Waals surface area contributed by atoms with Crippen LogP contribution in [0.25, 0.3) is 11.1 Å². The molecule has 0 fully saturated rings. The molecule has 5 heteroatoms. The summed E-state index contributed by atoms with van der Waals surface area (Å²) in [4.78, 5) is 11.4. The van der Waals surface area contributed by atoms with Crippen LogP contribution >= 0.6 is 34.8 Å². The first-order valence-corrected chi connectivity index (χ1v) is 6.81. The summed E-state index contributed by atoms with van der Waals surface area (Å²) < 4.78 is 0. The average molecular weight is 315 g/mol. The molecule has 0 aromatic heterocycles. The topological polar surface area (TPSA) is 29.1 Å². The molecular formula is C14H10Cl3NO. The summed E-state index contributed by atoms with van der Waals surface area (Å²) in [6.45, 7) is 0. The Morgan fingerprint density at radius 1 is 1.05 bits per heavy atom. The number of rotatable bonds is 3. The number of carbonyl (C=O) groups is 1. The predicted octanol–water partition coefficient (Wildman–Crippen LogP) is 4.84. The Kier molecular flexibility index (Phi) is 4.70. The highest BCUT2D eigenvalue weighted by Crippen LogP contribution is 2.35. The van der Waals surface area contributed by atoms with Crippen LogP contribution in [-0.2, 0) is 4.79 Å². The first-order chi connectivity index (χ1) is 9.11. The Morgan fingerprint density at radius 2 is 1.79 bits per heavy atom. The maximum atomic E-state index is 11.4. The van der Waals surface area contributed by atoms with Gasteiger partial charge in [0.2, 0.25) is 5.91 Å². The lowest BCUT2D eigenvalue weighted by atomic mass is 10.0. The maximum absolute atomic E-state index is 11.4. The Bertz CT molecular complexity index is 613. The number of benzene rings is 2. The van der Waals surface area contributed by atoms with Crippen molar-refractivity contribution >= 4 is 46.4 Å². The number of halogens is 3. The van der Waals surface area contributed by atoms with Crippen LogP contribution in [0.3, 0.4) is 0 Å². The van der Waals surface area contributed by atoms with Gasteiger partial charge in [-0.2, -0.15) is 0 Å². The number of carbonyl (C=O) groups excluding carboxylic acids is 1. The molecule has 2 aromatic rings. The third kappa shape index (κ3) is 3.41. The molecular weight excluding hydrogens is 305 g/mol. The third-order valence-corrected chi connectivity index (χ3v) is 3.35. The zero-order valence-corrected chi connectivity index (χ0v) is 12.1. The molecule has 0 radical (unpaired) electrons. The van der Waals surface area contributed by atoms with E-state index in [-0.39, 0.29) is 11.8 Å². The fourth-order valence-corrected chi connectivity index (χ4v) is 2.19. The Labute approximate surface area is 126 Å². The fraction of sp³-hybridized carbons (Fsp3) is 0.0714. The van der Waals surface area contributed by atoms with Crippen molar-refractivity contribution in [3.63, 3.8) is 0 Å². The van der Waals surface area contributed by atoms with Crippen LogP contribution in [0.15, 0.2) is 42.5 Å². The maximum Gasteiger partial charge on any atom is 0.239 e. The molecule has 2 nitrogen and oxygen atoms in total.